The Morgan fingerprint density at radius 3 is 2.78 bits per heavy atom. The van der Waals surface area contributed by atoms with Gasteiger partial charge in [-0.3, -0.25) is 4.79 Å². The zero-order chi connectivity index (χ0) is 13.5. The van der Waals surface area contributed by atoms with Crippen molar-refractivity contribution in [2.45, 2.75) is 13.0 Å². The maximum Gasteiger partial charge on any atom is 0.356 e. The van der Waals surface area contributed by atoms with Crippen LogP contribution in [-0.2, 0) is 11.3 Å². The Labute approximate surface area is 105 Å². The van der Waals surface area contributed by atoms with Crippen molar-refractivity contribution in [3.8, 4) is 0 Å². The molecule has 1 heterocycles. The van der Waals surface area contributed by atoms with Gasteiger partial charge >= 0.3 is 5.97 Å². The summed E-state index contributed by atoms with van der Waals surface area (Å²) in [7, 11) is 3.82. The quantitative estimate of drug-likeness (QED) is 0.694. The van der Waals surface area contributed by atoms with Crippen molar-refractivity contribution < 1.29 is 14.7 Å². The van der Waals surface area contributed by atoms with Crippen molar-refractivity contribution in [2.75, 3.05) is 27.2 Å². The van der Waals surface area contributed by atoms with E-state index in [2.05, 4.69) is 10.3 Å². The third-order valence-electron chi connectivity index (χ3n) is 2.33. The molecule has 2 N–H and O–H groups in total. The van der Waals surface area contributed by atoms with Gasteiger partial charge in [-0.25, -0.2) is 9.78 Å². The first kappa shape index (κ1) is 14.2. The minimum atomic E-state index is -1.05. The molecule has 0 atom stereocenters. The summed E-state index contributed by atoms with van der Waals surface area (Å²) in [5.41, 5.74) is 0.00827. The van der Waals surface area contributed by atoms with Crippen molar-refractivity contribution in [1.29, 1.82) is 0 Å². The van der Waals surface area contributed by atoms with Gasteiger partial charge in [0, 0.05) is 32.3 Å². The van der Waals surface area contributed by atoms with Crippen LogP contribution >= 0.6 is 0 Å². The number of carbonyl (C=O) groups excluding carboxylic acids is 1. The number of amides is 1. The zero-order valence-corrected chi connectivity index (χ0v) is 10.6. The van der Waals surface area contributed by atoms with E-state index in [1.54, 1.807) is 4.57 Å². The van der Waals surface area contributed by atoms with E-state index < -0.39 is 5.97 Å². The van der Waals surface area contributed by atoms with Crippen LogP contribution in [-0.4, -0.2) is 58.6 Å². The molecule has 1 aromatic heterocycles. The second-order valence-electron chi connectivity index (χ2n) is 4.21. The molecule has 0 aliphatic rings. The Kier molecular flexibility index (Phi) is 5.31. The van der Waals surface area contributed by atoms with Crippen LogP contribution in [0.3, 0.4) is 0 Å². The first-order chi connectivity index (χ1) is 8.49. The summed E-state index contributed by atoms with van der Waals surface area (Å²) in [6.07, 6.45) is 3.33. The van der Waals surface area contributed by atoms with Crippen LogP contribution in [0.5, 0.6) is 0 Å². The Morgan fingerprint density at radius 1 is 1.50 bits per heavy atom. The standard InChI is InChI=1S/C11H18N4O3/c1-14(2)5-3-10(16)12-4-6-15-7-9(11(17)18)13-8-15/h7-8H,3-6H2,1-2H3,(H,12,16)(H,17,18). The van der Waals surface area contributed by atoms with Crippen LogP contribution in [0.25, 0.3) is 0 Å². The van der Waals surface area contributed by atoms with E-state index >= 15 is 0 Å². The number of rotatable bonds is 7. The van der Waals surface area contributed by atoms with E-state index in [1.165, 1.54) is 12.5 Å². The Balaban J connectivity index is 2.24. The zero-order valence-electron chi connectivity index (χ0n) is 10.6. The van der Waals surface area contributed by atoms with Crippen LogP contribution in [0, 0.1) is 0 Å². The summed E-state index contributed by atoms with van der Waals surface area (Å²) in [4.78, 5) is 27.6. The number of carboxylic acids is 1. The molecule has 18 heavy (non-hydrogen) atoms. The van der Waals surface area contributed by atoms with E-state index in [0.717, 1.165) is 0 Å². The van der Waals surface area contributed by atoms with Crippen molar-refractivity contribution in [3.05, 3.63) is 18.2 Å². The third kappa shape index (κ3) is 4.96. The van der Waals surface area contributed by atoms with E-state index in [4.69, 9.17) is 5.11 Å². The summed E-state index contributed by atoms with van der Waals surface area (Å²) < 4.78 is 1.63. The Bertz CT molecular complexity index is 414. The fraction of sp³-hybridized carbons (Fsp3) is 0.545. The third-order valence-corrected chi connectivity index (χ3v) is 2.33. The molecule has 100 valence electrons. The number of hydrogen-bond donors (Lipinski definition) is 2. The summed E-state index contributed by atoms with van der Waals surface area (Å²) in [5, 5.41) is 11.4. The van der Waals surface area contributed by atoms with Gasteiger partial charge in [0.05, 0.1) is 6.33 Å². The molecule has 1 aromatic rings. The minimum absolute atomic E-state index is 0.00827. The van der Waals surface area contributed by atoms with Gasteiger partial charge in [-0.15, -0.1) is 0 Å². The van der Waals surface area contributed by atoms with Gasteiger partial charge in [0.15, 0.2) is 5.69 Å². The van der Waals surface area contributed by atoms with E-state index in [9.17, 15) is 9.59 Å². The summed E-state index contributed by atoms with van der Waals surface area (Å²) in [5.74, 6) is -1.06. The van der Waals surface area contributed by atoms with Gasteiger partial charge in [-0.2, -0.15) is 0 Å². The SMILES string of the molecule is CN(C)CCC(=O)NCCn1cnc(C(=O)O)c1. The molecule has 0 aliphatic carbocycles. The highest BCUT2D eigenvalue weighted by atomic mass is 16.4. The fourth-order valence-electron chi connectivity index (χ4n) is 1.33. The molecule has 0 unspecified atom stereocenters. The molecule has 0 fully saturated rings. The van der Waals surface area contributed by atoms with E-state index in [1.807, 2.05) is 19.0 Å². The number of aromatic carboxylic acids is 1. The molecule has 1 rings (SSSR count). The highest BCUT2D eigenvalue weighted by molar-refractivity contribution is 5.84. The largest absolute Gasteiger partial charge is 0.476 e. The number of imidazole rings is 1. The molecule has 0 aliphatic heterocycles. The lowest BCUT2D eigenvalue weighted by molar-refractivity contribution is -0.121. The highest BCUT2D eigenvalue weighted by Gasteiger charge is 2.06. The number of hydrogen-bond acceptors (Lipinski definition) is 4. The normalized spacial score (nSPS) is 10.6. The minimum Gasteiger partial charge on any atom is -0.476 e. The molecular weight excluding hydrogens is 236 g/mol. The second kappa shape index (κ2) is 6.75. The van der Waals surface area contributed by atoms with Gasteiger partial charge in [0.2, 0.25) is 5.91 Å². The monoisotopic (exact) mass is 254 g/mol. The van der Waals surface area contributed by atoms with E-state index in [0.29, 0.717) is 26.1 Å². The molecule has 0 bridgehead atoms. The van der Waals surface area contributed by atoms with Crippen LogP contribution in [0.15, 0.2) is 12.5 Å². The first-order valence-corrected chi connectivity index (χ1v) is 5.65. The molecule has 0 saturated carbocycles. The fourth-order valence-corrected chi connectivity index (χ4v) is 1.33. The lowest BCUT2D eigenvalue weighted by Crippen LogP contribution is -2.29. The van der Waals surface area contributed by atoms with Gasteiger partial charge in [0.1, 0.15) is 0 Å². The topological polar surface area (TPSA) is 87.5 Å². The average molecular weight is 254 g/mol. The predicted octanol–water partition coefficient (Wildman–Crippen LogP) is -0.351. The number of carboxylic acid groups (broad SMARTS) is 1. The highest BCUT2D eigenvalue weighted by Crippen LogP contribution is 1.95. The number of nitrogens with one attached hydrogen (secondary N) is 1. The number of aromatic nitrogens is 2. The number of nitrogens with zero attached hydrogens (tertiary/aromatic N) is 3. The molecule has 7 nitrogen and oxygen atoms in total. The summed E-state index contributed by atoms with van der Waals surface area (Å²) in [6, 6.07) is 0. The summed E-state index contributed by atoms with van der Waals surface area (Å²) >= 11 is 0. The van der Waals surface area contributed by atoms with Crippen molar-refractivity contribution in [1.82, 2.24) is 19.8 Å². The van der Waals surface area contributed by atoms with E-state index in [-0.39, 0.29) is 11.6 Å². The van der Waals surface area contributed by atoms with Crippen LogP contribution < -0.4 is 5.32 Å². The Morgan fingerprint density at radius 2 is 2.22 bits per heavy atom. The smallest absolute Gasteiger partial charge is 0.356 e. The molecule has 7 heteroatoms. The lowest BCUT2D eigenvalue weighted by atomic mass is 10.4. The molecule has 0 radical (unpaired) electrons. The molecule has 0 spiro atoms. The van der Waals surface area contributed by atoms with Crippen molar-refractivity contribution in [3.63, 3.8) is 0 Å². The molecule has 0 saturated heterocycles. The average Bonchev–Trinajstić information content (AvgIpc) is 2.75. The Hall–Kier alpha value is -1.89. The van der Waals surface area contributed by atoms with Crippen LogP contribution in [0.4, 0.5) is 0 Å². The van der Waals surface area contributed by atoms with Gasteiger partial charge in [-0.05, 0) is 14.1 Å². The van der Waals surface area contributed by atoms with Crippen molar-refractivity contribution >= 4 is 11.9 Å². The molecule has 1 amide bonds. The van der Waals surface area contributed by atoms with Gasteiger partial charge in [0.25, 0.3) is 0 Å². The maximum absolute atomic E-state index is 11.4. The van der Waals surface area contributed by atoms with Crippen LogP contribution in [0.1, 0.15) is 16.9 Å². The van der Waals surface area contributed by atoms with Gasteiger partial charge in [-0.1, -0.05) is 0 Å². The van der Waals surface area contributed by atoms with Crippen molar-refractivity contribution in [2.24, 2.45) is 0 Å². The summed E-state index contributed by atoms with van der Waals surface area (Å²) in [6.45, 7) is 1.68. The second-order valence-corrected chi connectivity index (χ2v) is 4.21. The number of carbonyl (C=O) groups is 2. The first-order valence-electron chi connectivity index (χ1n) is 5.65. The van der Waals surface area contributed by atoms with Gasteiger partial charge < -0.3 is 19.9 Å². The van der Waals surface area contributed by atoms with Crippen LogP contribution in [0.2, 0.25) is 0 Å². The molecular formula is C11H18N4O3. The predicted molar refractivity (Wildman–Crippen MR) is 65.4 cm³/mol. The maximum atomic E-state index is 11.4. The lowest BCUT2D eigenvalue weighted by Gasteiger charge is -2.09. The molecule has 0 aromatic carbocycles.